The molecule has 2 heterocycles. The third-order valence-corrected chi connectivity index (χ3v) is 5.01. The highest BCUT2D eigenvalue weighted by atomic mass is 35.5. The fourth-order valence-electron chi connectivity index (χ4n) is 2.18. The highest BCUT2D eigenvalue weighted by Gasteiger charge is 2.39. The number of hydrogen-bond acceptors (Lipinski definition) is 5. The molecule has 1 fully saturated rings. The molecule has 0 aliphatic carbocycles. The van der Waals surface area contributed by atoms with E-state index in [-0.39, 0.29) is 29.7 Å². The summed E-state index contributed by atoms with van der Waals surface area (Å²) in [5.41, 5.74) is -0.654. The molecule has 0 aromatic carbocycles. The van der Waals surface area contributed by atoms with Crippen LogP contribution < -0.4 is 0 Å². The number of halogens is 1. The summed E-state index contributed by atoms with van der Waals surface area (Å²) in [6, 6.07) is 2.85. The van der Waals surface area contributed by atoms with Gasteiger partial charge in [-0.3, -0.25) is 0 Å². The maximum absolute atomic E-state index is 12.6. The van der Waals surface area contributed by atoms with Gasteiger partial charge >= 0.3 is 0 Å². The number of pyridine rings is 1. The van der Waals surface area contributed by atoms with E-state index in [1.54, 1.807) is 13.8 Å². The zero-order chi connectivity index (χ0) is 15.0. The average molecular weight is 321 g/mol. The van der Waals surface area contributed by atoms with Gasteiger partial charge in [0.25, 0.3) is 0 Å². The van der Waals surface area contributed by atoms with Gasteiger partial charge in [0.2, 0.25) is 10.0 Å². The molecule has 0 spiro atoms. The standard InChI is InChI=1S/C12H17ClN2O4S/c1-12(2)8-15(6-9(7-16)19-12)20(17,18)10-3-4-11(13)14-5-10/h3-5,9,16H,6-8H2,1-2H3. The summed E-state index contributed by atoms with van der Waals surface area (Å²) >= 11 is 5.67. The molecule has 112 valence electrons. The van der Waals surface area contributed by atoms with Crippen LogP contribution in [0.2, 0.25) is 5.15 Å². The lowest BCUT2D eigenvalue weighted by Crippen LogP contribution is -2.55. The molecule has 2 rings (SSSR count). The molecular formula is C12H17ClN2O4S. The Balaban J connectivity index is 2.31. The second-order valence-corrected chi connectivity index (χ2v) is 7.62. The van der Waals surface area contributed by atoms with Crippen LogP contribution >= 0.6 is 11.6 Å². The first-order valence-electron chi connectivity index (χ1n) is 6.15. The minimum Gasteiger partial charge on any atom is -0.394 e. The molecule has 1 atom stereocenters. The summed E-state index contributed by atoms with van der Waals surface area (Å²) in [6.45, 7) is 3.68. The smallest absolute Gasteiger partial charge is 0.244 e. The molecule has 1 aromatic heterocycles. The summed E-state index contributed by atoms with van der Waals surface area (Å²) in [5, 5.41) is 9.47. The Morgan fingerprint density at radius 3 is 2.80 bits per heavy atom. The molecule has 0 bridgehead atoms. The van der Waals surface area contributed by atoms with Crippen molar-refractivity contribution in [1.82, 2.24) is 9.29 Å². The third kappa shape index (κ3) is 3.29. The van der Waals surface area contributed by atoms with Gasteiger partial charge in [0.15, 0.2) is 0 Å². The molecule has 1 saturated heterocycles. The van der Waals surface area contributed by atoms with Crippen LogP contribution in [0, 0.1) is 0 Å². The second-order valence-electron chi connectivity index (χ2n) is 5.30. The number of sulfonamides is 1. The van der Waals surface area contributed by atoms with Crippen molar-refractivity contribution in [2.75, 3.05) is 19.7 Å². The number of aliphatic hydroxyl groups is 1. The minimum atomic E-state index is -3.67. The molecule has 1 unspecified atom stereocenters. The van der Waals surface area contributed by atoms with E-state index in [0.717, 1.165) is 0 Å². The maximum atomic E-state index is 12.6. The zero-order valence-electron chi connectivity index (χ0n) is 11.3. The fraction of sp³-hybridized carbons (Fsp3) is 0.583. The topological polar surface area (TPSA) is 79.7 Å². The molecule has 0 saturated carbocycles. The van der Waals surface area contributed by atoms with E-state index in [9.17, 15) is 13.5 Å². The van der Waals surface area contributed by atoms with E-state index >= 15 is 0 Å². The van der Waals surface area contributed by atoms with Gasteiger partial charge < -0.3 is 9.84 Å². The molecule has 1 aliphatic rings. The lowest BCUT2D eigenvalue weighted by atomic mass is 10.1. The first-order valence-corrected chi connectivity index (χ1v) is 7.97. The van der Waals surface area contributed by atoms with Gasteiger partial charge in [-0.05, 0) is 26.0 Å². The summed E-state index contributed by atoms with van der Waals surface area (Å²) < 4.78 is 32.0. The highest BCUT2D eigenvalue weighted by molar-refractivity contribution is 7.89. The van der Waals surface area contributed by atoms with Crippen molar-refractivity contribution in [3.8, 4) is 0 Å². The summed E-state index contributed by atoms with van der Waals surface area (Å²) in [4.78, 5) is 3.87. The van der Waals surface area contributed by atoms with Crippen molar-refractivity contribution in [3.63, 3.8) is 0 Å². The molecule has 0 radical (unpaired) electrons. The Labute approximate surface area is 123 Å². The number of ether oxygens (including phenoxy) is 1. The van der Waals surface area contributed by atoms with Gasteiger partial charge in [0.1, 0.15) is 10.0 Å². The van der Waals surface area contributed by atoms with Crippen LogP contribution in [0.5, 0.6) is 0 Å². The van der Waals surface area contributed by atoms with E-state index in [2.05, 4.69) is 4.98 Å². The Bertz CT molecular complexity index is 574. The van der Waals surface area contributed by atoms with Gasteiger partial charge in [-0.15, -0.1) is 0 Å². The van der Waals surface area contributed by atoms with E-state index in [4.69, 9.17) is 16.3 Å². The predicted octanol–water partition coefficient (Wildman–Crippen LogP) is 0.895. The fourth-order valence-corrected chi connectivity index (χ4v) is 3.86. The molecule has 1 N–H and O–H groups in total. The van der Waals surface area contributed by atoms with Crippen molar-refractivity contribution in [2.24, 2.45) is 0 Å². The van der Waals surface area contributed by atoms with Crippen LogP contribution in [0.25, 0.3) is 0 Å². The summed E-state index contributed by atoms with van der Waals surface area (Å²) in [7, 11) is -3.67. The van der Waals surface area contributed by atoms with Crippen molar-refractivity contribution >= 4 is 21.6 Å². The van der Waals surface area contributed by atoms with E-state index in [1.165, 1.54) is 22.6 Å². The quantitative estimate of drug-likeness (QED) is 0.837. The lowest BCUT2D eigenvalue weighted by molar-refractivity contribution is -0.131. The first-order chi connectivity index (χ1) is 9.24. The van der Waals surface area contributed by atoms with E-state index < -0.39 is 21.7 Å². The second kappa shape index (κ2) is 5.57. The number of rotatable bonds is 3. The summed E-state index contributed by atoms with van der Waals surface area (Å²) in [6.07, 6.45) is 0.697. The molecule has 6 nitrogen and oxygen atoms in total. The molecule has 20 heavy (non-hydrogen) atoms. The van der Waals surface area contributed by atoms with Crippen LogP contribution in [0.1, 0.15) is 13.8 Å². The monoisotopic (exact) mass is 320 g/mol. The average Bonchev–Trinajstić information content (AvgIpc) is 2.37. The molecule has 1 aromatic rings. The maximum Gasteiger partial charge on any atom is 0.244 e. The van der Waals surface area contributed by atoms with Gasteiger partial charge in [0.05, 0.1) is 18.3 Å². The van der Waals surface area contributed by atoms with Crippen LogP contribution in [-0.2, 0) is 14.8 Å². The molecular weight excluding hydrogens is 304 g/mol. The van der Waals surface area contributed by atoms with Crippen molar-refractivity contribution in [1.29, 1.82) is 0 Å². The van der Waals surface area contributed by atoms with E-state index in [0.29, 0.717) is 0 Å². The summed E-state index contributed by atoms with van der Waals surface area (Å²) in [5.74, 6) is 0. The number of nitrogens with zero attached hydrogens (tertiary/aromatic N) is 2. The number of aliphatic hydroxyl groups excluding tert-OH is 1. The van der Waals surface area contributed by atoms with Gasteiger partial charge in [-0.2, -0.15) is 4.31 Å². The third-order valence-electron chi connectivity index (χ3n) is 2.99. The van der Waals surface area contributed by atoms with Gasteiger partial charge in [-0.1, -0.05) is 11.6 Å². The number of morpholine rings is 1. The Hall–Kier alpha value is -0.730. The molecule has 0 amide bonds. The number of aromatic nitrogens is 1. The van der Waals surface area contributed by atoms with Crippen LogP contribution in [0.4, 0.5) is 0 Å². The molecule has 1 aliphatic heterocycles. The Kier molecular flexibility index (Phi) is 4.36. The SMILES string of the molecule is CC1(C)CN(S(=O)(=O)c2ccc(Cl)nc2)CC(CO)O1. The van der Waals surface area contributed by atoms with Crippen LogP contribution in [-0.4, -0.2) is 54.2 Å². The van der Waals surface area contributed by atoms with Crippen LogP contribution in [0.15, 0.2) is 23.2 Å². The van der Waals surface area contributed by atoms with Gasteiger partial charge in [-0.25, -0.2) is 13.4 Å². The van der Waals surface area contributed by atoms with Crippen molar-refractivity contribution in [3.05, 3.63) is 23.5 Å². The normalized spacial score (nSPS) is 23.7. The predicted molar refractivity (Wildman–Crippen MR) is 74.0 cm³/mol. The van der Waals surface area contributed by atoms with Crippen LogP contribution in [0.3, 0.4) is 0 Å². The van der Waals surface area contributed by atoms with Gasteiger partial charge in [0, 0.05) is 19.3 Å². The Morgan fingerprint density at radius 2 is 2.25 bits per heavy atom. The molecule has 8 heteroatoms. The minimum absolute atomic E-state index is 0.0799. The number of hydrogen-bond donors (Lipinski definition) is 1. The highest BCUT2D eigenvalue weighted by Crippen LogP contribution is 2.26. The van der Waals surface area contributed by atoms with Crippen molar-refractivity contribution < 1.29 is 18.3 Å². The lowest BCUT2D eigenvalue weighted by Gasteiger charge is -2.41. The first kappa shape index (κ1) is 15.7. The van der Waals surface area contributed by atoms with Crippen molar-refractivity contribution in [2.45, 2.75) is 30.4 Å². The zero-order valence-corrected chi connectivity index (χ0v) is 12.9. The van der Waals surface area contributed by atoms with E-state index in [1.807, 2.05) is 0 Å². The largest absolute Gasteiger partial charge is 0.394 e. The Morgan fingerprint density at radius 1 is 1.55 bits per heavy atom.